The van der Waals surface area contributed by atoms with Crippen LogP contribution in [0.4, 0.5) is 0 Å². The largest absolute Gasteiger partial charge is 0.143 e. The molecule has 0 spiro atoms. The summed E-state index contributed by atoms with van der Waals surface area (Å²) < 4.78 is 2.58. The highest BCUT2D eigenvalue weighted by atomic mass is 79.9. The third-order valence-electron chi connectivity index (χ3n) is 2.43. The zero-order chi connectivity index (χ0) is 9.54. The van der Waals surface area contributed by atoms with Gasteiger partial charge in [0.2, 0.25) is 0 Å². The lowest BCUT2D eigenvalue weighted by molar-refractivity contribution is 1.82. The molecule has 3 rings (SSSR count). The van der Waals surface area contributed by atoms with Crippen LogP contribution in [-0.2, 0) is 0 Å². The first-order chi connectivity index (χ1) is 6.88. The van der Waals surface area contributed by atoms with Gasteiger partial charge in [-0.2, -0.15) is 0 Å². The summed E-state index contributed by atoms with van der Waals surface area (Å²) in [6.07, 6.45) is 0. The minimum Gasteiger partial charge on any atom is -0.143 e. The Balaban J connectivity index is 2.58. The van der Waals surface area contributed by atoms with Crippen LogP contribution < -0.4 is 0 Å². The zero-order valence-electron chi connectivity index (χ0n) is 7.33. The number of hydrogen-bond donors (Lipinski definition) is 0. The lowest BCUT2D eigenvalue weighted by Crippen LogP contribution is -1.65. The molecule has 0 fully saturated rings. The minimum absolute atomic E-state index is 1.23. The first-order valence-corrected chi connectivity index (χ1v) is 6.08. The summed E-state index contributed by atoms with van der Waals surface area (Å²) in [5, 5.41) is 3.50. The molecule has 14 heavy (non-hydrogen) atoms. The van der Waals surface area contributed by atoms with Crippen molar-refractivity contribution in [2.24, 2.45) is 0 Å². The maximum Gasteiger partial charge on any atom is 0.0497 e. The van der Waals surface area contributed by atoms with Gasteiger partial charge in [0.25, 0.3) is 0 Å². The van der Waals surface area contributed by atoms with Gasteiger partial charge in [-0.15, -0.1) is 11.3 Å². The maximum atomic E-state index is 3.66. The highest BCUT2D eigenvalue weighted by Gasteiger charge is 2.14. The molecular weight excluding hydrogens is 256 g/mol. The van der Waals surface area contributed by atoms with E-state index in [0.29, 0.717) is 0 Å². The Morgan fingerprint density at radius 3 is 2.57 bits per heavy atom. The lowest BCUT2D eigenvalue weighted by atomic mass is 10.1. The third-order valence-corrected chi connectivity index (χ3v) is 4.45. The van der Waals surface area contributed by atoms with E-state index in [2.05, 4.69) is 57.7 Å². The molecule has 0 bridgehead atoms. The molecule has 0 aliphatic heterocycles. The van der Waals surface area contributed by atoms with Crippen molar-refractivity contribution in [1.29, 1.82) is 0 Å². The van der Waals surface area contributed by atoms with E-state index in [9.17, 15) is 0 Å². The summed E-state index contributed by atoms with van der Waals surface area (Å²) >= 11 is 5.45. The van der Waals surface area contributed by atoms with E-state index in [1.807, 2.05) is 0 Å². The van der Waals surface area contributed by atoms with Gasteiger partial charge < -0.3 is 0 Å². The van der Waals surface area contributed by atoms with Crippen LogP contribution in [0.1, 0.15) is 0 Å². The molecule has 2 aliphatic rings. The van der Waals surface area contributed by atoms with Gasteiger partial charge in [0.15, 0.2) is 0 Å². The van der Waals surface area contributed by atoms with Crippen molar-refractivity contribution in [3.8, 4) is 11.1 Å². The fraction of sp³-hybridized carbons (Fsp3) is 0. The van der Waals surface area contributed by atoms with Gasteiger partial charge in [-0.3, -0.25) is 0 Å². The molecule has 1 aromatic heterocycles. The van der Waals surface area contributed by atoms with Crippen molar-refractivity contribution in [3.05, 3.63) is 46.3 Å². The highest BCUT2D eigenvalue weighted by molar-refractivity contribution is 9.10. The first-order valence-electron chi connectivity index (χ1n) is 4.41. The average molecular weight is 263 g/mol. The Labute approximate surface area is 94.7 Å². The molecule has 0 aromatic carbocycles. The normalized spacial score (nSPS) is 11.2. The van der Waals surface area contributed by atoms with E-state index < -0.39 is 0 Å². The molecule has 68 valence electrons. The molecule has 0 amide bonds. The summed E-state index contributed by atoms with van der Waals surface area (Å²) in [5.74, 6) is 0. The average Bonchev–Trinajstić information content (AvgIpc) is 2.65. The SMILES string of the molecule is Brc1c2cccccc-2c2ccsc12. The second kappa shape index (κ2) is 3.07. The summed E-state index contributed by atoms with van der Waals surface area (Å²) in [4.78, 5) is 0. The van der Waals surface area contributed by atoms with Crippen LogP contribution in [0.3, 0.4) is 0 Å². The third kappa shape index (κ3) is 1.04. The topological polar surface area (TPSA) is 0 Å². The van der Waals surface area contributed by atoms with Crippen molar-refractivity contribution in [2.45, 2.75) is 0 Å². The van der Waals surface area contributed by atoms with Crippen LogP contribution in [0, 0.1) is 0 Å². The van der Waals surface area contributed by atoms with E-state index in [4.69, 9.17) is 0 Å². The van der Waals surface area contributed by atoms with Gasteiger partial charge in [-0.1, -0.05) is 30.3 Å². The number of hydrogen-bond acceptors (Lipinski definition) is 1. The van der Waals surface area contributed by atoms with Gasteiger partial charge in [-0.25, -0.2) is 0 Å². The second-order valence-corrected chi connectivity index (χ2v) is 4.92. The van der Waals surface area contributed by atoms with E-state index in [1.165, 1.54) is 25.7 Å². The smallest absolute Gasteiger partial charge is 0.0497 e. The molecule has 0 unspecified atom stereocenters. The van der Waals surface area contributed by atoms with Crippen molar-refractivity contribution in [1.82, 2.24) is 0 Å². The Hall–Kier alpha value is -0.860. The fourth-order valence-electron chi connectivity index (χ4n) is 1.79. The fourth-order valence-corrected chi connectivity index (χ4v) is 3.49. The standard InChI is InChI=1S/C12H7BrS/c13-11-9-5-3-1-2-4-8(9)10-6-7-14-12(10)11/h1-7H. The van der Waals surface area contributed by atoms with Crippen LogP contribution in [-0.4, -0.2) is 0 Å². The van der Waals surface area contributed by atoms with Gasteiger partial charge in [0, 0.05) is 14.6 Å². The Bertz CT molecular complexity index is 568. The van der Waals surface area contributed by atoms with Crippen molar-refractivity contribution >= 4 is 37.4 Å². The Morgan fingerprint density at radius 2 is 1.71 bits per heavy atom. The van der Waals surface area contributed by atoms with Gasteiger partial charge >= 0.3 is 0 Å². The number of fused-ring (bicyclic) bond motifs is 3. The zero-order valence-corrected chi connectivity index (χ0v) is 9.73. The van der Waals surface area contributed by atoms with Crippen molar-refractivity contribution in [2.75, 3.05) is 0 Å². The lowest BCUT2D eigenvalue weighted by Gasteiger charge is -1.92. The van der Waals surface area contributed by atoms with Gasteiger partial charge in [0.05, 0.1) is 0 Å². The summed E-state index contributed by atoms with van der Waals surface area (Å²) in [6, 6.07) is 12.8. The second-order valence-electron chi connectivity index (χ2n) is 3.22. The van der Waals surface area contributed by atoms with Crippen LogP contribution in [0.15, 0.2) is 46.3 Å². The van der Waals surface area contributed by atoms with Crippen LogP contribution in [0.2, 0.25) is 0 Å². The van der Waals surface area contributed by atoms with E-state index >= 15 is 0 Å². The van der Waals surface area contributed by atoms with E-state index in [1.54, 1.807) is 11.3 Å². The summed E-state index contributed by atoms with van der Waals surface area (Å²) in [7, 11) is 0. The van der Waals surface area contributed by atoms with Crippen LogP contribution in [0.25, 0.3) is 21.2 Å². The molecule has 2 aliphatic carbocycles. The first kappa shape index (κ1) is 8.45. The van der Waals surface area contributed by atoms with Crippen LogP contribution >= 0.6 is 27.3 Å². The molecular formula is C12H7BrS. The Morgan fingerprint density at radius 1 is 0.929 bits per heavy atom. The predicted molar refractivity (Wildman–Crippen MR) is 66.1 cm³/mol. The quantitative estimate of drug-likeness (QED) is 0.548. The van der Waals surface area contributed by atoms with Gasteiger partial charge in [0.1, 0.15) is 0 Å². The maximum absolute atomic E-state index is 3.66. The van der Waals surface area contributed by atoms with Crippen molar-refractivity contribution < 1.29 is 0 Å². The van der Waals surface area contributed by atoms with Crippen LogP contribution in [0.5, 0.6) is 0 Å². The van der Waals surface area contributed by atoms with E-state index in [0.717, 1.165) is 0 Å². The molecule has 2 heteroatoms. The predicted octanol–water partition coefficient (Wildman–Crippen LogP) is 4.77. The minimum atomic E-state index is 1.23. The molecule has 0 saturated heterocycles. The molecule has 0 N–H and O–H groups in total. The number of thiophene rings is 1. The van der Waals surface area contributed by atoms with Crippen molar-refractivity contribution in [3.63, 3.8) is 0 Å². The monoisotopic (exact) mass is 262 g/mol. The molecule has 1 aromatic rings. The summed E-state index contributed by atoms with van der Waals surface area (Å²) in [5.41, 5.74) is 2.63. The molecule has 0 radical (unpaired) electrons. The molecule has 1 heterocycles. The molecule has 0 atom stereocenters. The molecule has 0 saturated carbocycles. The Kier molecular flexibility index (Phi) is 1.85. The van der Waals surface area contributed by atoms with E-state index in [-0.39, 0.29) is 0 Å². The number of rotatable bonds is 0. The summed E-state index contributed by atoms with van der Waals surface area (Å²) in [6.45, 7) is 0. The molecule has 0 nitrogen and oxygen atoms in total. The number of halogens is 1. The highest BCUT2D eigenvalue weighted by Crippen LogP contribution is 2.44. The van der Waals surface area contributed by atoms with Gasteiger partial charge in [-0.05, 0) is 38.5 Å².